The van der Waals surface area contributed by atoms with Gasteiger partial charge >= 0.3 is 5.97 Å². The van der Waals surface area contributed by atoms with Crippen molar-refractivity contribution in [1.29, 1.82) is 0 Å². The van der Waals surface area contributed by atoms with Crippen molar-refractivity contribution in [2.24, 2.45) is 0 Å². The van der Waals surface area contributed by atoms with Crippen LogP contribution in [0, 0.1) is 13.8 Å². The average molecular weight is 267 g/mol. The van der Waals surface area contributed by atoms with Gasteiger partial charge in [-0.2, -0.15) is 0 Å². The maximum Gasteiger partial charge on any atom is 0.305 e. The van der Waals surface area contributed by atoms with E-state index in [1.54, 1.807) is 19.9 Å². The van der Waals surface area contributed by atoms with E-state index >= 15 is 0 Å². The molecule has 1 aliphatic heterocycles. The quantitative estimate of drug-likeness (QED) is 0.857. The lowest BCUT2D eigenvalue weighted by Crippen LogP contribution is -2.50. The van der Waals surface area contributed by atoms with Gasteiger partial charge in [0, 0.05) is 12.2 Å². The Bertz CT molecular complexity index is 499. The summed E-state index contributed by atoms with van der Waals surface area (Å²) in [6.07, 6.45) is 0.335. The molecule has 2 rings (SSSR count). The zero-order valence-corrected chi connectivity index (χ0v) is 11.0. The molecule has 1 amide bonds. The smallest absolute Gasteiger partial charge is 0.305 e. The molecule has 1 saturated heterocycles. The highest BCUT2D eigenvalue weighted by Crippen LogP contribution is 2.24. The zero-order valence-electron chi connectivity index (χ0n) is 11.0. The first kappa shape index (κ1) is 13.6. The summed E-state index contributed by atoms with van der Waals surface area (Å²) >= 11 is 0. The Balaban J connectivity index is 2.15. The average Bonchev–Trinajstić information content (AvgIpc) is 2.85. The van der Waals surface area contributed by atoms with Crippen LogP contribution in [0.2, 0.25) is 0 Å². The van der Waals surface area contributed by atoms with Crippen LogP contribution in [0.25, 0.3) is 0 Å². The van der Waals surface area contributed by atoms with E-state index in [4.69, 9.17) is 14.3 Å². The minimum atomic E-state index is -0.960. The molecule has 1 aromatic heterocycles. The van der Waals surface area contributed by atoms with Gasteiger partial charge in [0.2, 0.25) is 0 Å². The van der Waals surface area contributed by atoms with Gasteiger partial charge in [0.25, 0.3) is 5.91 Å². The van der Waals surface area contributed by atoms with Gasteiger partial charge in [0.15, 0.2) is 5.76 Å². The van der Waals surface area contributed by atoms with Crippen LogP contribution in [-0.4, -0.2) is 35.7 Å². The lowest BCUT2D eigenvalue weighted by atomic mass is 9.94. The van der Waals surface area contributed by atoms with Gasteiger partial charge in [-0.25, -0.2) is 0 Å². The number of hydrogen-bond donors (Lipinski definition) is 2. The van der Waals surface area contributed by atoms with Crippen molar-refractivity contribution in [1.82, 2.24) is 5.32 Å². The number of carboxylic acids is 1. The number of furan rings is 1. The van der Waals surface area contributed by atoms with E-state index in [1.807, 2.05) is 0 Å². The number of nitrogens with one attached hydrogen (secondary N) is 1. The highest BCUT2D eigenvalue weighted by Gasteiger charge is 2.39. The number of ether oxygens (including phenoxy) is 1. The van der Waals surface area contributed by atoms with E-state index in [1.165, 1.54) is 0 Å². The number of carboxylic acid groups (broad SMARTS) is 1. The second-order valence-corrected chi connectivity index (χ2v) is 4.98. The van der Waals surface area contributed by atoms with Crippen molar-refractivity contribution in [2.75, 3.05) is 13.2 Å². The number of rotatable bonds is 4. The summed E-state index contributed by atoms with van der Waals surface area (Å²) in [5, 5.41) is 11.7. The summed E-state index contributed by atoms with van der Waals surface area (Å²) < 4.78 is 10.6. The SMILES string of the molecule is Cc1cc(C)c(C(=O)NC2(CC(=O)O)CCOC2)o1. The van der Waals surface area contributed by atoms with Crippen molar-refractivity contribution in [2.45, 2.75) is 32.2 Å². The third-order valence-corrected chi connectivity index (χ3v) is 3.22. The Hall–Kier alpha value is -1.82. The first-order valence-corrected chi connectivity index (χ1v) is 6.11. The summed E-state index contributed by atoms with van der Waals surface area (Å²) in [4.78, 5) is 23.1. The Morgan fingerprint density at radius 3 is 2.68 bits per heavy atom. The topological polar surface area (TPSA) is 88.8 Å². The predicted molar refractivity (Wildman–Crippen MR) is 66.1 cm³/mol. The van der Waals surface area contributed by atoms with Crippen molar-refractivity contribution in [3.05, 3.63) is 23.2 Å². The van der Waals surface area contributed by atoms with Crippen LogP contribution in [0.15, 0.2) is 10.5 Å². The van der Waals surface area contributed by atoms with Crippen molar-refractivity contribution >= 4 is 11.9 Å². The molecule has 0 aromatic carbocycles. The van der Waals surface area contributed by atoms with E-state index in [9.17, 15) is 9.59 Å². The van der Waals surface area contributed by atoms with Crippen LogP contribution < -0.4 is 5.32 Å². The molecular weight excluding hydrogens is 250 g/mol. The first-order chi connectivity index (χ1) is 8.92. The molecule has 1 fully saturated rings. The van der Waals surface area contributed by atoms with E-state index in [0.717, 1.165) is 5.56 Å². The number of carbonyl (C=O) groups excluding carboxylic acids is 1. The molecule has 6 nitrogen and oxygen atoms in total. The summed E-state index contributed by atoms with van der Waals surface area (Å²) in [7, 11) is 0. The molecule has 0 aliphatic carbocycles. The van der Waals surface area contributed by atoms with Crippen molar-refractivity contribution < 1.29 is 23.8 Å². The van der Waals surface area contributed by atoms with E-state index < -0.39 is 17.4 Å². The lowest BCUT2D eigenvalue weighted by molar-refractivity contribution is -0.138. The maximum atomic E-state index is 12.2. The van der Waals surface area contributed by atoms with Crippen LogP contribution in [0.4, 0.5) is 0 Å². The van der Waals surface area contributed by atoms with Crippen LogP contribution >= 0.6 is 0 Å². The molecule has 19 heavy (non-hydrogen) atoms. The number of aryl methyl sites for hydroxylation is 2. The molecule has 0 radical (unpaired) electrons. The number of aliphatic carboxylic acids is 1. The molecule has 2 N–H and O–H groups in total. The standard InChI is InChI=1S/C13H17NO5/c1-8-5-9(2)19-11(8)12(17)14-13(6-10(15)16)3-4-18-7-13/h5H,3-4,6-7H2,1-2H3,(H,14,17)(H,15,16). The minimum absolute atomic E-state index is 0.155. The van der Waals surface area contributed by atoms with Gasteiger partial charge in [-0.15, -0.1) is 0 Å². The molecule has 1 aliphatic rings. The van der Waals surface area contributed by atoms with Gasteiger partial charge in [-0.1, -0.05) is 0 Å². The maximum absolute atomic E-state index is 12.2. The van der Waals surface area contributed by atoms with Gasteiger partial charge < -0.3 is 19.6 Å². The molecular formula is C13H17NO5. The highest BCUT2D eigenvalue weighted by atomic mass is 16.5. The van der Waals surface area contributed by atoms with Crippen LogP contribution in [0.1, 0.15) is 34.7 Å². The summed E-state index contributed by atoms with van der Waals surface area (Å²) in [6.45, 7) is 4.20. The number of carbonyl (C=O) groups is 2. The fourth-order valence-corrected chi connectivity index (χ4v) is 2.34. The van der Waals surface area contributed by atoms with E-state index in [-0.39, 0.29) is 18.8 Å². The summed E-state index contributed by atoms with van der Waals surface area (Å²) in [6, 6.07) is 1.77. The number of amides is 1. The van der Waals surface area contributed by atoms with Gasteiger partial charge in [-0.05, 0) is 26.3 Å². The second-order valence-electron chi connectivity index (χ2n) is 4.98. The van der Waals surface area contributed by atoms with Crippen LogP contribution in [0.3, 0.4) is 0 Å². The monoisotopic (exact) mass is 267 g/mol. The lowest BCUT2D eigenvalue weighted by Gasteiger charge is -2.26. The number of hydrogen-bond acceptors (Lipinski definition) is 4. The predicted octanol–water partition coefficient (Wildman–Crippen LogP) is 1.26. The Kier molecular flexibility index (Phi) is 3.61. The first-order valence-electron chi connectivity index (χ1n) is 6.11. The summed E-state index contributed by atoms with van der Waals surface area (Å²) in [5.74, 6) is -0.470. The summed E-state index contributed by atoms with van der Waals surface area (Å²) in [5.41, 5.74) is -0.102. The van der Waals surface area contributed by atoms with Crippen molar-refractivity contribution in [3.8, 4) is 0 Å². The van der Waals surface area contributed by atoms with Crippen LogP contribution in [-0.2, 0) is 9.53 Å². The Labute approximate surface area is 110 Å². The molecule has 1 aromatic rings. The third-order valence-electron chi connectivity index (χ3n) is 3.22. The van der Waals surface area contributed by atoms with Gasteiger partial charge in [0.05, 0.1) is 18.6 Å². The minimum Gasteiger partial charge on any atom is -0.481 e. The van der Waals surface area contributed by atoms with Crippen molar-refractivity contribution in [3.63, 3.8) is 0 Å². The van der Waals surface area contributed by atoms with Gasteiger partial charge in [0.1, 0.15) is 5.76 Å². The molecule has 6 heteroatoms. The Morgan fingerprint density at radius 2 is 2.21 bits per heavy atom. The molecule has 0 spiro atoms. The molecule has 2 heterocycles. The molecule has 104 valence electrons. The second kappa shape index (κ2) is 5.05. The van der Waals surface area contributed by atoms with E-state index in [2.05, 4.69) is 5.32 Å². The van der Waals surface area contributed by atoms with Crippen LogP contribution in [0.5, 0.6) is 0 Å². The molecule has 0 bridgehead atoms. The largest absolute Gasteiger partial charge is 0.481 e. The molecule has 0 saturated carbocycles. The molecule has 1 unspecified atom stereocenters. The zero-order chi connectivity index (χ0) is 14.0. The normalized spacial score (nSPS) is 22.4. The Morgan fingerprint density at radius 1 is 1.47 bits per heavy atom. The molecule has 1 atom stereocenters. The van der Waals surface area contributed by atoms with Gasteiger partial charge in [-0.3, -0.25) is 9.59 Å². The fraction of sp³-hybridized carbons (Fsp3) is 0.538. The van der Waals surface area contributed by atoms with E-state index in [0.29, 0.717) is 18.8 Å². The highest BCUT2D eigenvalue weighted by molar-refractivity contribution is 5.93. The third kappa shape index (κ3) is 2.96. The fourth-order valence-electron chi connectivity index (χ4n) is 2.34.